The molecule has 8 aromatic carbocycles. The van der Waals surface area contributed by atoms with Crippen molar-refractivity contribution in [3.8, 4) is 78.9 Å². The van der Waals surface area contributed by atoms with E-state index >= 15 is 0 Å². The summed E-state index contributed by atoms with van der Waals surface area (Å²) in [4.78, 5) is 25.9. The Bertz CT molecular complexity index is 3600. The van der Waals surface area contributed by atoms with Crippen LogP contribution in [0.5, 0.6) is 0 Å². The lowest BCUT2D eigenvalue weighted by Gasteiger charge is -2.24. The Morgan fingerprint density at radius 1 is 0.373 bits per heavy atom. The van der Waals surface area contributed by atoms with Crippen molar-refractivity contribution in [3.63, 3.8) is 0 Å². The zero-order valence-electron chi connectivity index (χ0n) is 36.4. The number of allylic oxidation sites excluding steroid dienone is 4. The Morgan fingerprint density at radius 2 is 0.940 bits per heavy atom. The van der Waals surface area contributed by atoms with Crippen molar-refractivity contribution in [2.45, 2.75) is 12.3 Å². The van der Waals surface area contributed by atoms with Gasteiger partial charge in [0.25, 0.3) is 0 Å². The van der Waals surface area contributed by atoms with Crippen molar-refractivity contribution in [3.05, 3.63) is 242 Å². The molecule has 1 aliphatic carbocycles. The molecule has 0 fully saturated rings. The smallest absolute Gasteiger partial charge is 0.167 e. The second kappa shape index (κ2) is 17.3. The Kier molecular flexibility index (Phi) is 10.2. The number of fused-ring (bicyclic) bond motifs is 3. The fourth-order valence-corrected chi connectivity index (χ4v) is 9.24. The fraction of sp³-hybridized carbons (Fsp3) is 0.0328. The summed E-state index contributed by atoms with van der Waals surface area (Å²) in [6, 6.07) is 73.3. The standard InChI is InChI=1S/C61H41N5O/c1-5-19-40(20-6-1)53-38-45(47-29-13-14-31-51(47)60-62-54(41-21-7-2-8-22-41)39-55(63-60)42-23-9-3-10-24-42)35-36-48(53)44-27-17-28-46(37-44)59-64-58(43-25-11-4-12-26-43)65-61(66-59)52-33-18-32-50-49-30-15-16-34-56(49)67-57(50)52/h1-28,30-39,47H,29H2. The van der Waals surface area contributed by atoms with Crippen LogP contribution in [-0.4, -0.2) is 24.9 Å². The van der Waals surface area contributed by atoms with Crippen molar-refractivity contribution in [1.82, 2.24) is 24.9 Å². The van der Waals surface area contributed by atoms with E-state index in [1.165, 1.54) is 5.56 Å². The quantitative estimate of drug-likeness (QED) is 0.144. The van der Waals surface area contributed by atoms with E-state index < -0.39 is 0 Å². The molecular weight excluding hydrogens is 819 g/mol. The third-order valence-corrected chi connectivity index (χ3v) is 12.6. The number of rotatable bonds is 9. The molecule has 6 heteroatoms. The number of hydrogen-bond donors (Lipinski definition) is 0. The first-order valence-electron chi connectivity index (χ1n) is 22.6. The Hall–Kier alpha value is -8.87. The number of nitrogens with zero attached hydrogens (tertiary/aromatic N) is 5. The van der Waals surface area contributed by atoms with Gasteiger partial charge in [-0.2, -0.15) is 0 Å². The highest BCUT2D eigenvalue weighted by Gasteiger charge is 2.25. The summed E-state index contributed by atoms with van der Waals surface area (Å²) in [5.74, 6) is 2.48. The summed E-state index contributed by atoms with van der Waals surface area (Å²) < 4.78 is 6.48. The topological polar surface area (TPSA) is 77.6 Å². The van der Waals surface area contributed by atoms with Gasteiger partial charge < -0.3 is 4.42 Å². The summed E-state index contributed by atoms with van der Waals surface area (Å²) in [5.41, 5.74) is 14.8. The minimum atomic E-state index is 0.0266. The number of furan rings is 1. The molecule has 0 amide bonds. The lowest BCUT2D eigenvalue weighted by atomic mass is 9.82. The second-order valence-electron chi connectivity index (χ2n) is 16.7. The zero-order chi connectivity index (χ0) is 44.5. The molecule has 1 unspecified atom stereocenters. The minimum absolute atomic E-state index is 0.0266. The number of para-hydroxylation sites is 2. The van der Waals surface area contributed by atoms with Crippen molar-refractivity contribution in [1.29, 1.82) is 0 Å². The van der Waals surface area contributed by atoms with Gasteiger partial charge in [-0.15, -0.1) is 0 Å². The number of hydrogen-bond acceptors (Lipinski definition) is 6. The van der Waals surface area contributed by atoms with Crippen LogP contribution in [0, 0.1) is 0 Å². The molecule has 0 radical (unpaired) electrons. The predicted octanol–water partition coefficient (Wildman–Crippen LogP) is 15.4. The molecule has 12 rings (SSSR count). The van der Waals surface area contributed by atoms with Crippen LogP contribution < -0.4 is 0 Å². The van der Waals surface area contributed by atoms with Crippen molar-refractivity contribution >= 4 is 27.5 Å². The molecule has 0 aliphatic heterocycles. The number of benzene rings is 8. The van der Waals surface area contributed by atoms with Gasteiger partial charge in [0.15, 0.2) is 23.3 Å². The molecule has 6 nitrogen and oxygen atoms in total. The van der Waals surface area contributed by atoms with Crippen molar-refractivity contribution in [2.24, 2.45) is 0 Å². The lowest BCUT2D eigenvalue weighted by Crippen LogP contribution is -2.09. The Labute approximate surface area is 388 Å². The van der Waals surface area contributed by atoms with Crippen molar-refractivity contribution in [2.75, 3.05) is 0 Å². The highest BCUT2D eigenvalue weighted by atomic mass is 16.3. The maximum absolute atomic E-state index is 6.48. The molecule has 3 aromatic heterocycles. The van der Waals surface area contributed by atoms with E-state index in [0.717, 1.165) is 101 Å². The largest absolute Gasteiger partial charge is 0.455 e. The van der Waals surface area contributed by atoms with Gasteiger partial charge in [0.1, 0.15) is 11.2 Å². The average molecular weight is 860 g/mol. The van der Waals surface area contributed by atoms with Gasteiger partial charge in [0, 0.05) is 44.5 Å². The van der Waals surface area contributed by atoms with Crippen molar-refractivity contribution < 1.29 is 4.42 Å². The molecule has 316 valence electrons. The van der Waals surface area contributed by atoms with E-state index in [2.05, 4.69) is 158 Å². The molecule has 1 atom stereocenters. The highest BCUT2D eigenvalue weighted by molar-refractivity contribution is 6.09. The van der Waals surface area contributed by atoms with Crippen LogP contribution in [0.15, 0.2) is 235 Å². The van der Waals surface area contributed by atoms with Crippen LogP contribution in [0.4, 0.5) is 0 Å². The monoisotopic (exact) mass is 859 g/mol. The second-order valence-corrected chi connectivity index (χ2v) is 16.7. The van der Waals surface area contributed by atoms with Gasteiger partial charge in [-0.25, -0.2) is 24.9 Å². The van der Waals surface area contributed by atoms with E-state index in [1.807, 2.05) is 72.8 Å². The maximum atomic E-state index is 6.48. The normalized spacial score (nSPS) is 13.5. The van der Waals surface area contributed by atoms with Crippen LogP contribution in [-0.2, 0) is 0 Å². The molecule has 1 aliphatic rings. The molecule has 0 saturated carbocycles. The third kappa shape index (κ3) is 7.70. The van der Waals surface area contributed by atoms with Crippen LogP contribution in [0.2, 0.25) is 0 Å². The first-order valence-corrected chi connectivity index (χ1v) is 22.6. The van der Waals surface area contributed by atoms with E-state index in [4.69, 9.17) is 29.3 Å². The summed E-state index contributed by atoms with van der Waals surface area (Å²) in [6.07, 6.45) is 7.39. The fourth-order valence-electron chi connectivity index (χ4n) is 9.24. The van der Waals surface area contributed by atoms with Crippen LogP contribution >= 0.6 is 0 Å². The molecule has 0 saturated heterocycles. The van der Waals surface area contributed by atoms with E-state index in [1.54, 1.807) is 0 Å². The predicted molar refractivity (Wildman–Crippen MR) is 272 cm³/mol. The summed E-state index contributed by atoms with van der Waals surface area (Å²) in [7, 11) is 0. The van der Waals surface area contributed by atoms with Gasteiger partial charge in [-0.1, -0.05) is 200 Å². The Balaban J connectivity index is 0.967. The molecule has 0 spiro atoms. The van der Waals surface area contributed by atoms with E-state index in [-0.39, 0.29) is 5.92 Å². The highest BCUT2D eigenvalue weighted by Crippen LogP contribution is 2.43. The Morgan fingerprint density at radius 3 is 1.66 bits per heavy atom. The molecule has 11 aromatic rings. The molecule has 0 N–H and O–H groups in total. The van der Waals surface area contributed by atoms with E-state index in [9.17, 15) is 0 Å². The first-order chi connectivity index (χ1) is 33.2. The minimum Gasteiger partial charge on any atom is -0.455 e. The first kappa shape index (κ1) is 39.7. The molecule has 67 heavy (non-hydrogen) atoms. The molecular formula is C61H41N5O. The third-order valence-electron chi connectivity index (χ3n) is 12.6. The van der Waals surface area contributed by atoms with Crippen LogP contribution in [0.25, 0.3) is 106 Å². The molecule has 0 bridgehead atoms. The summed E-state index contributed by atoms with van der Waals surface area (Å²) in [5, 5.41) is 2.08. The van der Waals surface area contributed by atoms with Gasteiger partial charge in [-0.3, -0.25) is 0 Å². The zero-order valence-corrected chi connectivity index (χ0v) is 36.4. The lowest BCUT2D eigenvalue weighted by molar-refractivity contribution is 0.669. The van der Waals surface area contributed by atoms with Crippen LogP contribution in [0.1, 0.15) is 23.7 Å². The number of aromatic nitrogens is 5. The van der Waals surface area contributed by atoms with Gasteiger partial charge in [0.05, 0.1) is 17.0 Å². The maximum Gasteiger partial charge on any atom is 0.167 e. The molecule has 3 heterocycles. The van der Waals surface area contributed by atoms with Gasteiger partial charge >= 0.3 is 0 Å². The average Bonchev–Trinajstić information content (AvgIpc) is 3.81. The van der Waals surface area contributed by atoms with Crippen LogP contribution in [0.3, 0.4) is 0 Å². The van der Waals surface area contributed by atoms with Gasteiger partial charge in [0.2, 0.25) is 0 Å². The SMILES string of the molecule is C1=CCC(c2ccc(-c3cccc(-c4nc(-c5ccccc5)nc(-c5cccc6c5oc5ccccc56)n4)c3)c(-c3ccccc3)c2)C(c2nc(-c3ccccc3)cc(-c3ccccc3)n2)=C1. The van der Waals surface area contributed by atoms with E-state index in [0.29, 0.717) is 17.5 Å². The summed E-state index contributed by atoms with van der Waals surface area (Å²) >= 11 is 0. The van der Waals surface area contributed by atoms with Gasteiger partial charge in [-0.05, 0) is 64.6 Å². The summed E-state index contributed by atoms with van der Waals surface area (Å²) in [6.45, 7) is 0.